The van der Waals surface area contributed by atoms with Crippen molar-refractivity contribution in [2.75, 3.05) is 20.3 Å². The first-order valence-corrected chi connectivity index (χ1v) is 8.68. The van der Waals surface area contributed by atoms with Gasteiger partial charge in [-0.15, -0.1) is 0 Å². The molecule has 1 heterocycles. The molecule has 112 valence electrons. The van der Waals surface area contributed by atoms with Crippen LogP contribution in [-0.2, 0) is 21.2 Å². The third kappa shape index (κ3) is 3.65. The molecule has 0 amide bonds. The molecule has 20 heavy (non-hydrogen) atoms. The van der Waals surface area contributed by atoms with Gasteiger partial charge < -0.3 is 4.74 Å². The number of nitrogens with one attached hydrogen (secondary N) is 1. The van der Waals surface area contributed by atoms with Gasteiger partial charge in [0.15, 0.2) is 0 Å². The van der Waals surface area contributed by atoms with E-state index >= 15 is 0 Å². The average molecular weight is 338 g/mol. The van der Waals surface area contributed by atoms with Gasteiger partial charge in [0.1, 0.15) is 0 Å². The topological polar surface area (TPSA) is 55.4 Å². The Kier molecular flexibility index (Phi) is 5.31. The lowest BCUT2D eigenvalue weighted by atomic mass is 9.93. The molecule has 1 saturated heterocycles. The first-order chi connectivity index (χ1) is 9.44. The van der Waals surface area contributed by atoms with E-state index in [4.69, 9.17) is 27.9 Å². The second kappa shape index (κ2) is 6.62. The second-order valence-corrected chi connectivity index (χ2v) is 7.80. The zero-order valence-electron chi connectivity index (χ0n) is 11.1. The van der Waals surface area contributed by atoms with E-state index in [0.29, 0.717) is 36.1 Å². The molecule has 1 aliphatic rings. The van der Waals surface area contributed by atoms with Crippen molar-refractivity contribution >= 4 is 33.2 Å². The quantitative estimate of drug-likeness (QED) is 0.918. The van der Waals surface area contributed by atoms with Crippen molar-refractivity contribution in [1.29, 1.82) is 0 Å². The Hall–Kier alpha value is -0.330. The van der Waals surface area contributed by atoms with E-state index in [1.165, 1.54) is 7.05 Å². The van der Waals surface area contributed by atoms with Crippen LogP contribution in [0.25, 0.3) is 0 Å². The highest BCUT2D eigenvalue weighted by molar-refractivity contribution is 7.90. The van der Waals surface area contributed by atoms with Gasteiger partial charge in [0.25, 0.3) is 0 Å². The first kappa shape index (κ1) is 16.0. The molecule has 0 aliphatic carbocycles. The van der Waals surface area contributed by atoms with Crippen LogP contribution in [0.1, 0.15) is 12.0 Å². The Labute approximate surface area is 129 Å². The fraction of sp³-hybridized carbons (Fsp3) is 0.538. The highest BCUT2D eigenvalue weighted by atomic mass is 35.5. The van der Waals surface area contributed by atoms with Gasteiger partial charge >= 0.3 is 0 Å². The van der Waals surface area contributed by atoms with Crippen LogP contribution in [0.15, 0.2) is 18.2 Å². The summed E-state index contributed by atoms with van der Waals surface area (Å²) in [6.45, 7) is 0.875. The summed E-state index contributed by atoms with van der Waals surface area (Å²) in [5.41, 5.74) is 0.853. The molecule has 0 radical (unpaired) electrons. The number of rotatable bonds is 4. The van der Waals surface area contributed by atoms with Crippen molar-refractivity contribution in [3.05, 3.63) is 33.8 Å². The van der Waals surface area contributed by atoms with Gasteiger partial charge in [-0.2, -0.15) is 0 Å². The number of sulfonamides is 1. The van der Waals surface area contributed by atoms with E-state index in [0.717, 1.165) is 5.56 Å². The molecule has 0 saturated carbocycles. The van der Waals surface area contributed by atoms with Crippen LogP contribution in [-0.4, -0.2) is 33.9 Å². The van der Waals surface area contributed by atoms with Crippen LogP contribution in [0.5, 0.6) is 0 Å². The first-order valence-electron chi connectivity index (χ1n) is 6.38. The highest BCUT2D eigenvalue weighted by Gasteiger charge is 2.35. The van der Waals surface area contributed by atoms with E-state index in [-0.39, 0.29) is 5.92 Å². The number of halogens is 2. The smallest absolute Gasteiger partial charge is 0.214 e. The summed E-state index contributed by atoms with van der Waals surface area (Å²) in [4.78, 5) is 0. The van der Waals surface area contributed by atoms with Crippen LogP contribution >= 0.6 is 23.2 Å². The summed E-state index contributed by atoms with van der Waals surface area (Å²) in [6, 6.07) is 5.22. The number of hydrogen-bond acceptors (Lipinski definition) is 3. The number of benzene rings is 1. The average Bonchev–Trinajstić information content (AvgIpc) is 2.43. The molecule has 1 N–H and O–H groups in total. The molecule has 0 bridgehead atoms. The van der Waals surface area contributed by atoms with E-state index in [9.17, 15) is 8.42 Å². The summed E-state index contributed by atoms with van der Waals surface area (Å²) in [5.74, 6) is -0.128. The van der Waals surface area contributed by atoms with Gasteiger partial charge in [-0.05, 0) is 43.7 Å². The Bertz CT molecular complexity index is 577. The molecule has 1 aromatic rings. The lowest BCUT2D eigenvalue weighted by Crippen LogP contribution is -2.43. The van der Waals surface area contributed by atoms with Gasteiger partial charge in [-0.3, -0.25) is 0 Å². The van der Waals surface area contributed by atoms with Gasteiger partial charge in [0.05, 0.1) is 11.9 Å². The molecular weight excluding hydrogens is 321 g/mol. The van der Waals surface area contributed by atoms with Crippen LogP contribution in [0.3, 0.4) is 0 Å². The normalized spacial score (nSPS) is 23.8. The fourth-order valence-corrected chi connectivity index (χ4v) is 4.29. The predicted octanol–water partition coefficient (Wildman–Crippen LogP) is 2.49. The van der Waals surface area contributed by atoms with Crippen LogP contribution in [0, 0.1) is 5.92 Å². The van der Waals surface area contributed by atoms with E-state index in [1.807, 2.05) is 0 Å². The SMILES string of the molecule is CNS(=O)(=O)[C@@H]1CCOC[C@H]1Cc1cc(Cl)ccc1Cl. The number of ether oxygens (including phenoxy) is 1. The standard InChI is InChI=1S/C13H17Cl2NO3S/c1-16-20(17,18)13-4-5-19-8-10(13)6-9-7-11(14)2-3-12(9)15/h2-3,7,10,13,16H,4-6,8H2,1H3/t10-,13-/m1/s1. The minimum Gasteiger partial charge on any atom is -0.381 e. The second-order valence-electron chi connectivity index (χ2n) is 4.85. The van der Waals surface area contributed by atoms with Crippen LogP contribution < -0.4 is 4.72 Å². The van der Waals surface area contributed by atoms with Crippen molar-refractivity contribution in [3.63, 3.8) is 0 Å². The lowest BCUT2D eigenvalue weighted by Gasteiger charge is -2.31. The summed E-state index contributed by atoms with van der Waals surface area (Å²) >= 11 is 12.1. The zero-order chi connectivity index (χ0) is 14.8. The highest BCUT2D eigenvalue weighted by Crippen LogP contribution is 2.29. The Morgan fingerprint density at radius 1 is 1.40 bits per heavy atom. The molecule has 1 aromatic carbocycles. The van der Waals surface area contributed by atoms with E-state index in [2.05, 4.69) is 4.72 Å². The summed E-state index contributed by atoms with van der Waals surface area (Å²) in [6.07, 6.45) is 1.02. The summed E-state index contributed by atoms with van der Waals surface area (Å²) < 4.78 is 32.0. The third-order valence-electron chi connectivity index (χ3n) is 3.58. The largest absolute Gasteiger partial charge is 0.381 e. The Balaban J connectivity index is 2.23. The molecule has 2 rings (SSSR count). The summed E-state index contributed by atoms with van der Waals surface area (Å²) in [5, 5.41) is 0.728. The molecule has 0 unspecified atom stereocenters. The minimum absolute atomic E-state index is 0.128. The van der Waals surface area contributed by atoms with Gasteiger partial charge in [0, 0.05) is 22.6 Å². The molecule has 1 aliphatic heterocycles. The Morgan fingerprint density at radius 2 is 2.15 bits per heavy atom. The molecule has 0 spiro atoms. The summed E-state index contributed by atoms with van der Waals surface area (Å²) in [7, 11) is -1.88. The van der Waals surface area contributed by atoms with Gasteiger partial charge in [-0.1, -0.05) is 23.2 Å². The van der Waals surface area contributed by atoms with Crippen LogP contribution in [0.4, 0.5) is 0 Å². The maximum atomic E-state index is 12.1. The van der Waals surface area contributed by atoms with Crippen molar-refractivity contribution in [3.8, 4) is 0 Å². The molecule has 1 fully saturated rings. The molecule has 0 aromatic heterocycles. The van der Waals surface area contributed by atoms with Crippen LogP contribution in [0.2, 0.25) is 10.0 Å². The maximum absolute atomic E-state index is 12.1. The van der Waals surface area contributed by atoms with Crippen molar-refractivity contribution < 1.29 is 13.2 Å². The molecule has 2 atom stereocenters. The monoisotopic (exact) mass is 337 g/mol. The fourth-order valence-electron chi connectivity index (χ4n) is 2.51. The number of hydrogen-bond donors (Lipinski definition) is 1. The molecular formula is C13H17Cl2NO3S. The molecule has 4 nitrogen and oxygen atoms in total. The minimum atomic E-state index is -3.32. The van der Waals surface area contributed by atoms with Crippen molar-refractivity contribution in [2.24, 2.45) is 5.92 Å². The zero-order valence-corrected chi connectivity index (χ0v) is 13.4. The van der Waals surface area contributed by atoms with E-state index < -0.39 is 15.3 Å². The lowest BCUT2D eigenvalue weighted by molar-refractivity contribution is 0.0571. The third-order valence-corrected chi connectivity index (χ3v) is 6.17. The molecule has 7 heteroatoms. The maximum Gasteiger partial charge on any atom is 0.214 e. The Morgan fingerprint density at radius 3 is 2.85 bits per heavy atom. The van der Waals surface area contributed by atoms with Gasteiger partial charge in [-0.25, -0.2) is 13.1 Å². The van der Waals surface area contributed by atoms with E-state index in [1.54, 1.807) is 18.2 Å². The van der Waals surface area contributed by atoms with Gasteiger partial charge in [0.2, 0.25) is 10.0 Å². The van der Waals surface area contributed by atoms with Crippen molar-refractivity contribution in [2.45, 2.75) is 18.1 Å². The van der Waals surface area contributed by atoms with Crippen molar-refractivity contribution in [1.82, 2.24) is 4.72 Å². The predicted molar refractivity (Wildman–Crippen MR) is 80.9 cm³/mol.